The van der Waals surface area contributed by atoms with Crippen LogP contribution in [0, 0.1) is 20.0 Å². The summed E-state index contributed by atoms with van der Waals surface area (Å²) < 4.78 is 48.1. The minimum atomic E-state index is -3.57. The normalized spacial score (nSPS) is 10.7. The van der Waals surface area contributed by atoms with Crippen LogP contribution in [0.5, 0.6) is 0 Å². The van der Waals surface area contributed by atoms with Gasteiger partial charge >= 0.3 is 33.9 Å². The number of hydrogen-bond acceptors (Lipinski definition) is 3. The van der Waals surface area contributed by atoms with E-state index in [1.807, 2.05) is 42.5 Å². The zero-order chi connectivity index (χ0) is 23.8. The molecule has 0 spiro atoms. The Balaban J connectivity index is -0.000000255. The SMILES string of the molecule is CN(C)S(=O)(=O)c1[cH-]ccc1C(C)(O)c1cc[cH-]c1.[C-]#[O+].[C-]#[O+].[C-]#[O+].[Fe].[Mn].c1cc[cH-]c1. The summed E-state index contributed by atoms with van der Waals surface area (Å²) >= 11 is 0. The summed E-state index contributed by atoms with van der Waals surface area (Å²) in [6, 6.07) is 22.0. The number of rotatable bonds is 4. The Morgan fingerprint density at radius 2 is 1.44 bits per heavy atom. The Morgan fingerprint density at radius 1 is 0.938 bits per heavy atom. The molecule has 3 rings (SSSR count). The van der Waals surface area contributed by atoms with Gasteiger partial charge in [0.05, 0.1) is 0 Å². The monoisotopic (exact) mass is 539 g/mol. The summed E-state index contributed by atoms with van der Waals surface area (Å²) in [5.41, 5.74) is -0.257. The fourth-order valence-electron chi connectivity index (χ4n) is 2.40. The van der Waals surface area contributed by atoms with Gasteiger partial charge < -0.3 is 5.11 Å². The second kappa shape index (κ2) is 19.8. The molecule has 0 fully saturated rings. The first kappa shape index (κ1) is 37.5. The van der Waals surface area contributed by atoms with Crippen LogP contribution >= 0.6 is 0 Å². The molecule has 3 aromatic carbocycles. The smallest absolute Gasteiger partial charge is 0 e. The van der Waals surface area contributed by atoms with Gasteiger partial charge in [0.25, 0.3) is 0 Å². The summed E-state index contributed by atoms with van der Waals surface area (Å²) in [4.78, 5) is 0.142. The molecule has 3 aromatic rings. The van der Waals surface area contributed by atoms with Crippen LogP contribution in [0.4, 0.5) is 0 Å². The van der Waals surface area contributed by atoms with Gasteiger partial charge in [0.1, 0.15) is 0 Å². The molecule has 0 aliphatic rings. The van der Waals surface area contributed by atoms with Crippen LogP contribution in [0.25, 0.3) is 0 Å². The van der Waals surface area contributed by atoms with E-state index in [-0.39, 0.29) is 39.0 Å². The van der Waals surface area contributed by atoms with E-state index in [2.05, 4.69) is 20.0 Å². The van der Waals surface area contributed by atoms with Crippen molar-refractivity contribution in [3.8, 4) is 0 Å². The van der Waals surface area contributed by atoms with Gasteiger partial charge in [0.15, 0.2) is 0 Å². The first-order chi connectivity index (χ1) is 14.3. The molecule has 0 aliphatic carbocycles. The van der Waals surface area contributed by atoms with E-state index >= 15 is 0 Å². The molecule has 1 radical (unpaired) electrons. The van der Waals surface area contributed by atoms with Crippen LogP contribution in [0.1, 0.15) is 18.1 Å². The summed E-state index contributed by atoms with van der Waals surface area (Å²) in [5, 5.41) is 10.7. The van der Waals surface area contributed by atoms with Crippen LogP contribution in [-0.4, -0.2) is 31.9 Å². The summed E-state index contributed by atoms with van der Waals surface area (Å²) in [5.74, 6) is 0. The van der Waals surface area contributed by atoms with Crippen molar-refractivity contribution >= 4 is 10.0 Å². The predicted octanol–water partition coefficient (Wildman–Crippen LogP) is 2.92. The molecule has 7 nitrogen and oxygen atoms in total. The Morgan fingerprint density at radius 3 is 1.78 bits per heavy atom. The zero-order valence-electron chi connectivity index (χ0n) is 17.5. The number of nitrogens with zero attached hydrogens (tertiary/aromatic N) is 1. The van der Waals surface area contributed by atoms with Gasteiger partial charge in [-0.05, 0) is 4.90 Å². The predicted molar refractivity (Wildman–Crippen MR) is 107 cm³/mol. The van der Waals surface area contributed by atoms with Crippen molar-refractivity contribution in [3.05, 3.63) is 104 Å². The Kier molecular flexibility index (Phi) is 23.2. The molecule has 1 atom stereocenters. The average molecular weight is 539 g/mol. The molecular weight excluding hydrogens is 517 g/mol. The number of sulfonamides is 1. The van der Waals surface area contributed by atoms with E-state index in [4.69, 9.17) is 14.0 Å². The molecule has 0 saturated carbocycles. The summed E-state index contributed by atoms with van der Waals surface area (Å²) in [6.45, 7) is 15.1. The maximum atomic E-state index is 12.2. The molecule has 0 aliphatic heterocycles. The molecule has 175 valence electrons. The summed E-state index contributed by atoms with van der Waals surface area (Å²) in [6.07, 6.45) is 0. The van der Waals surface area contributed by atoms with Crippen molar-refractivity contribution in [1.82, 2.24) is 4.31 Å². The minimum Gasteiger partial charge on any atom is -0.214 e. The molecule has 32 heavy (non-hydrogen) atoms. The van der Waals surface area contributed by atoms with Gasteiger partial charge in [-0.25, -0.2) is 37.0 Å². The molecule has 0 aromatic heterocycles. The van der Waals surface area contributed by atoms with Crippen LogP contribution in [0.15, 0.2) is 77.7 Å². The zero-order valence-corrected chi connectivity index (χ0v) is 20.6. The van der Waals surface area contributed by atoms with Crippen molar-refractivity contribution in [2.45, 2.75) is 17.4 Å². The van der Waals surface area contributed by atoms with Gasteiger partial charge in [0.2, 0.25) is 10.0 Å². The number of hydrogen-bond donors (Lipinski definition) is 1. The second-order valence-electron chi connectivity index (χ2n) is 5.80. The van der Waals surface area contributed by atoms with Gasteiger partial charge in [0, 0.05) is 53.8 Å². The van der Waals surface area contributed by atoms with Crippen LogP contribution in [0.2, 0.25) is 0 Å². The molecule has 1 N–H and O–H groups in total. The van der Waals surface area contributed by atoms with Crippen LogP contribution in [-0.2, 0) is 63.7 Å². The van der Waals surface area contributed by atoms with E-state index in [9.17, 15) is 13.5 Å². The fraction of sp³-hybridized carbons (Fsp3) is 0.182. The van der Waals surface area contributed by atoms with Gasteiger partial charge in [-0.15, -0.1) is 0 Å². The first-order valence-electron chi connectivity index (χ1n) is 8.19. The van der Waals surface area contributed by atoms with E-state index in [0.29, 0.717) is 11.1 Å². The van der Waals surface area contributed by atoms with E-state index in [1.165, 1.54) is 20.2 Å². The Bertz CT molecular complexity index is 938. The van der Waals surface area contributed by atoms with E-state index < -0.39 is 15.6 Å². The molecule has 10 heteroatoms. The third-order valence-corrected chi connectivity index (χ3v) is 5.71. The minimum absolute atomic E-state index is 0. The van der Waals surface area contributed by atoms with Crippen LogP contribution in [0.3, 0.4) is 0 Å². The molecule has 0 amide bonds. The quantitative estimate of drug-likeness (QED) is 0.312. The third kappa shape index (κ3) is 10.7. The van der Waals surface area contributed by atoms with Crippen molar-refractivity contribution in [3.63, 3.8) is 0 Å². The third-order valence-electron chi connectivity index (χ3n) is 3.84. The molecular formula is C22H22FeMnNO6S-3. The Labute approximate surface area is 210 Å². The van der Waals surface area contributed by atoms with E-state index in [0.717, 1.165) is 4.31 Å². The molecule has 1 unspecified atom stereocenters. The topological polar surface area (TPSA) is 117 Å². The fourth-order valence-corrected chi connectivity index (χ4v) is 3.59. The Hall–Kier alpha value is -1.82. The standard InChI is InChI=1S/C14H17NO3S.C5H5.3CO.Fe.Mn/c1-14(16,11-7-4-5-8-11)12-9-6-10-13(12)19(17,18)15(2)3;1-2-4-5-3-1;3*1-2;;/h4-10,16H,1-3H3;1-5H;;;;;/q-2;-1;;;;;. The van der Waals surface area contributed by atoms with Gasteiger partial charge in [-0.2, -0.15) is 59.7 Å². The maximum Gasteiger partial charge on any atom is 0 e. The first-order valence-corrected chi connectivity index (χ1v) is 9.63. The largest absolute Gasteiger partial charge is 0.214 e. The van der Waals surface area contributed by atoms with Crippen molar-refractivity contribution in [2.24, 2.45) is 0 Å². The second-order valence-corrected chi connectivity index (χ2v) is 7.92. The molecule has 0 heterocycles. The van der Waals surface area contributed by atoms with Crippen LogP contribution < -0.4 is 0 Å². The van der Waals surface area contributed by atoms with E-state index in [1.54, 1.807) is 31.2 Å². The van der Waals surface area contributed by atoms with Crippen molar-refractivity contribution in [2.75, 3.05) is 14.1 Å². The maximum absolute atomic E-state index is 12.2. The van der Waals surface area contributed by atoms with Gasteiger partial charge in [-0.1, -0.05) is 6.92 Å². The van der Waals surface area contributed by atoms with Crippen molar-refractivity contribution < 1.29 is 61.6 Å². The molecule has 0 saturated heterocycles. The average Bonchev–Trinajstić information content (AvgIpc) is 3.56. The van der Waals surface area contributed by atoms with Crippen molar-refractivity contribution in [1.29, 1.82) is 0 Å². The van der Waals surface area contributed by atoms with Gasteiger partial charge in [-0.3, -0.25) is 0 Å². The summed E-state index contributed by atoms with van der Waals surface area (Å²) in [7, 11) is -0.614. The molecule has 0 bridgehead atoms. The number of aliphatic hydroxyl groups is 1.